The van der Waals surface area contributed by atoms with Crippen molar-refractivity contribution in [1.29, 1.82) is 0 Å². The zero-order valence-corrected chi connectivity index (χ0v) is 23.8. The van der Waals surface area contributed by atoms with Crippen molar-refractivity contribution in [3.63, 3.8) is 0 Å². The van der Waals surface area contributed by atoms with Crippen molar-refractivity contribution < 1.29 is 19.1 Å². The minimum absolute atomic E-state index is 0.0912. The van der Waals surface area contributed by atoms with Crippen LogP contribution in [0.3, 0.4) is 0 Å². The summed E-state index contributed by atoms with van der Waals surface area (Å²) in [6, 6.07) is 12.9. The van der Waals surface area contributed by atoms with Gasteiger partial charge in [-0.2, -0.15) is 0 Å². The van der Waals surface area contributed by atoms with E-state index in [4.69, 9.17) is 16.3 Å². The van der Waals surface area contributed by atoms with Crippen LogP contribution >= 0.6 is 11.6 Å². The molecule has 1 aliphatic carbocycles. The zero-order chi connectivity index (χ0) is 27.9. The molecule has 0 saturated heterocycles. The van der Waals surface area contributed by atoms with E-state index in [9.17, 15) is 14.4 Å². The lowest BCUT2D eigenvalue weighted by atomic mass is 9.94. The highest BCUT2D eigenvalue weighted by Gasteiger charge is 2.35. The average Bonchev–Trinajstić information content (AvgIpc) is 2.84. The normalized spacial score (nSPS) is 15.0. The summed E-state index contributed by atoms with van der Waals surface area (Å²) < 4.78 is 5.46. The van der Waals surface area contributed by atoms with Gasteiger partial charge in [0.15, 0.2) is 0 Å². The minimum atomic E-state index is -0.790. The fraction of sp³-hybridized carbons (Fsp3) is 0.500. The number of ether oxygens (including phenoxy) is 1. The van der Waals surface area contributed by atoms with E-state index in [0.29, 0.717) is 28.4 Å². The number of carbonyl (C=O) groups is 3. The van der Waals surface area contributed by atoms with Gasteiger partial charge in [-0.25, -0.2) is 4.79 Å². The van der Waals surface area contributed by atoms with Gasteiger partial charge in [-0.1, -0.05) is 56.8 Å². The number of anilines is 2. The maximum atomic E-state index is 14.1. The van der Waals surface area contributed by atoms with Crippen molar-refractivity contribution in [2.45, 2.75) is 90.8 Å². The largest absolute Gasteiger partial charge is 0.444 e. The summed E-state index contributed by atoms with van der Waals surface area (Å²) in [6.45, 7) is 9.39. The summed E-state index contributed by atoms with van der Waals surface area (Å²) in [6.07, 6.45) is 5.00. The highest BCUT2D eigenvalue weighted by atomic mass is 35.5. The van der Waals surface area contributed by atoms with Crippen molar-refractivity contribution in [3.05, 3.63) is 59.1 Å². The monoisotopic (exact) mass is 541 g/mol. The smallest absolute Gasteiger partial charge is 0.412 e. The first-order chi connectivity index (χ1) is 17.9. The van der Waals surface area contributed by atoms with Crippen LogP contribution in [0.4, 0.5) is 16.2 Å². The Bertz CT molecular complexity index is 1110. The van der Waals surface area contributed by atoms with Gasteiger partial charge in [-0.3, -0.25) is 19.8 Å². The fourth-order valence-corrected chi connectivity index (χ4v) is 4.80. The van der Waals surface area contributed by atoms with Gasteiger partial charge >= 0.3 is 6.09 Å². The van der Waals surface area contributed by atoms with Crippen LogP contribution in [0.1, 0.15) is 83.5 Å². The fourth-order valence-electron chi connectivity index (χ4n) is 4.67. The summed E-state index contributed by atoms with van der Waals surface area (Å²) in [4.78, 5) is 42.1. The van der Waals surface area contributed by atoms with Gasteiger partial charge in [-0.05, 0) is 82.3 Å². The number of nitrogens with one attached hydrogen (secondary N) is 2. The third-order valence-corrected chi connectivity index (χ3v) is 6.62. The molecular weight excluding hydrogens is 502 g/mol. The Morgan fingerprint density at radius 1 is 1.00 bits per heavy atom. The minimum Gasteiger partial charge on any atom is -0.444 e. The topological polar surface area (TPSA) is 87.7 Å². The molecule has 2 N–H and O–H groups in total. The first-order valence-corrected chi connectivity index (χ1v) is 13.8. The van der Waals surface area contributed by atoms with E-state index in [1.165, 1.54) is 11.3 Å². The van der Waals surface area contributed by atoms with Crippen molar-refractivity contribution in [2.75, 3.05) is 10.2 Å². The van der Waals surface area contributed by atoms with Gasteiger partial charge in [0.2, 0.25) is 5.91 Å². The average molecular weight is 542 g/mol. The zero-order valence-electron chi connectivity index (χ0n) is 23.1. The molecular formula is C30H40ClN3O4. The van der Waals surface area contributed by atoms with Crippen LogP contribution in [0.25, 0.3) is 0 Å². The van der Waals surface area contributed by atoms with Crippen molar-refractivity contribution in [1.82, 2.24) is 5.32 Å². The highest BCUT2D eigenvalue weighted by Crippen LogP contribution is 2.32. The molecule has 38 heavy (non-hydrogen) atoms. The number of amides is 3. The highest BCUT2D eigenvalue weighted by molar-refractivity contribution is 6.30. The predicted molar refractivity (Wildman–Crippen MR) is 153 cm³/mol. The van der Waals surface area contributed by atoms with E-state index >= 15 is 0 Å². The van der Waals surface area contributed by atoms with Gasteiger partial charge in [0.25, 0.3) is 5.91 Å². The maximum absolute atomic E-state index is 14.1. The second-order valence-corrected chi connectivity index (χ2v) is 11.8. The Labute approximate surface area is 231 Å². The molecule has 8 heteroatoms. The van der Waals surface area contributed by atoms with E-state index in [-0.39, 0.29) is 23.8 Å². The summed E-state index contributed by atoms with van der Waals surface area (Å²) in [7, 11) is 0. The molecule has 0 aliphatic heterocycles. The van der Waals surface area contributed by atoms with E-state index < -0.39 is 17.7 Å². The SMILES string of the molecule is CC(C)CC(C(=O)NC1CCCCC1)N(C(=O)c1ccc(Cl)cc1)c1ccccc1NC(=O)OC(C)(C)C. The van der Waals surface area contributed by atoms with Crippen LogP contribution in [0.15, 0.2) is 48.5 Å². The number of rotatable bonds is 8. The third kappa shape index (κ3) is 8.48. The lowest BCUT2D eigenvalue weighted by molar-refractivity contribution is -0.123. The molecule has 2 aromatic rings. The number of nitrogens with zero attached hydrogens (tertiary/aromatic N) is 1. The number of hydrogen-bond acceptors (Lipinski definition) is 4. The Balaban J connectivity index is 2.06. The summed E-state index contributed by atoms with van der Waals surface area (Å²) >= 11 is 6.09. The lowest BCUT2D eigenvalue weighted by Gasteiger charge is -2.35. The van der Waals surface area contributed by atoms with Gasteiger partial charge in [0.1, 0.15) is 11.6 Å². The first kappa shape index (κ1) is 29.5. The molecule has 0 aromatic heterocycles. The molecule has 1 atom stereocenters. The maximum Gasteiger partial charge on any atom is 0.412 e. The predicted octanol–water partition coefficient (Wildman–Crippen LogP) is 7.20. The number of hydrogen-bond donors (Lipinski definition) is 2. The Morgan fingerprint density at radius 2 is 1.63 bits per heavy atom. The van der Waals surface area contributed by atoms with Crippen LogP contribution in [-0.2, 0) is 9.53 Å². The Hall–Kier alpha value is -3.06. The van der Waals surface area contributed by atoms with E-state index in [1.54, 1.807) is 69.3 Å². The molecule has 1 fully saturated rings. The number of benzene rings is 2. The molecule has 0 heterocycles. The second-order valence-electron chi connectivity index (χ2n) is 11.3. The molecule has 1 unspecified atom stereocenters. The second kappa shape index (κ2) is 13.1. The Morgan fingerprint density at radius 3 is 2.24 bits per heavy atom. The van der Waals surface area contributed by atoms with Gasteiger partial charge in [-0.15, -0.1) is 0 Å². The lowest BCUT2D eigenvalue weighted by Crippen LogP contribution is -2.53. The summed E-state index contributed by atoms with van der Waals surface area (Å²) in [5.41, 5.74) is 0.490. The molecule has 0 radical (unpaired) electrons. The molecule has 0 spiro atoms. The molecule has 7 nitrogen and oxygen atoms in total. The molecule has 2 aromatic carbocycles. The van der Waals surface area contributed by atoms with E-state index in [0.717, 1.165) is 25.7 Å². The van der Waals surface area contributed by atoms with Crippen LogP contribution in [0.2, 0.25) is 5.02 Å². The Kier molecular flexibility index (Phi) is 10.2. The molecule has 0 bridgehead atoms. The quantitative estimate of drug-likeness (QED) is 0.370. The number of carbonyl (C=O) groups excluding carboxylic acids is 3. The molecule has 1 aliphatic rings. The van der Waals surface area contributed by atoms with E-state index in [2.05, 4.69) is 10.6 Å². The molecule has 1 saturated carbocycles. The molecule has 206 valence electrons. The van der Waals surface area contributed by atoms with Crippen molar-refractivity contribution >= 4 is 40.9 Å². The third-order valence-electron chi connectivity index (χ3n) is 6.37. The van der Waals surface area contributed by atoms with E-state index in [1.807, 2.05) is 13.8 Å². The number of halogens is 1. The van der Waals surface area contributed by atoms with Gasteiger partial charge in [0, 0.05) is 16.6 Å². The molecule has 3 amide bonds. The summed E-state index contributed by atoms with van der Waals surface area (Å²) in [5, 5.41) is 6.51. The van der Waals surface area contributed by atoms with Crippen LogP contribution in [0.5, 0.6) is 0 Å². The van der Waals surface area contributed by atoms with Crippen molar-refractivity contribution in [3.8, 4) is 0 Å². The van der Waals surface area contributed by atoms with Crippen LogP contribution in [-0.4, -0.2) is 35.6 Å². The van der Waals surface area contributed by atoms with Crippen molar-refractivity contribution in [2.24, 2.45) is 5.92 Å². The first-order valence-electron chi connectivity index (χ1n) is 13.4. The van der Waals surface area contributed by atoms with Crippen LogP contribution in [0, 0.1) is 5.92 Å². The van der Waals surface area contributed by atoms with Crippen LogP contribution < -0.4 is 15.5 Å². The standard InChI is InChI=1S/C30H40ClN3O4/c1-20(2)19-26(27(35)32-23-11-7-6-8-12-23)34(28(36)21-15-17-22(31)18-16-21)25-14-10-9-13-24(25)33-29(37)38-30(3,4)5/h9-10,13-18,20,23,26H,6-8,11-12,19H2,1-5H3,(H,32,35)(H,33,37). The van der Waals surface area contributed by atoms with Gasteiger partial charge in [0.05, 0.1) is 11.4 Å². The van der Waals surface area contributed by atoms with Gasteiger partial charge < -0.3 is 10.1 Å². The summed E-state index contributed by atoms with van der Waals surface area (Å²) in [5.74, 6) is -0.423. The molecule has 3 rings (SSSR count). The number of para-hydroxylation sites is 2.